The van der Waals surface area contributed by atoms with Gasteiger partial charge in [-0.15, -0.1) is 0 Å². The van der Waals surface area contributed by atoms with E-state index in [0.717, 1.165) is 61.3 Å². The minimum Gasteiger partial charge on any atom is -0.496 e. The van der Waals surface area contributed by atoms with Gasteiger partial charge in [-0.2, -0.15) is 0 Å². The number of H-pyrrole nitrogens is 1. The van der Waals surface area contributed by atoms with Crippen LogP contribution in [-0.2, 0) is 16.4 Å². The fraction of sp³-hybridized carbons (Fsp3) is 0.371. The molecule has 4 aromatic rings. The molecule has 1 aromatic heterocycles. The summed E-state index contributed by atoms with van der Waals surface area (Å²) in [5.41, 5.74) is 5.24. The minimum atomic E-state index is -4.03. The van der Waals surface area contributed by atoms with Gasteiger partial charge in [-0.25, -0.2) is 13.1 Å². The second kappa shape index (κ2) is 13.5. The molecule has 2 unspecified atom stereocenters. The lowest BCUT2D eigenvalue weighted by Gasteiger charge is -2.21. The fourth-order valence-corrected chi connectivity index (χ4v) is 7.98. The van der Waals surface area contributed by atoms with Crippen LogP contribution in [0, 0.1) is 12.8 Å². The zero-order valence-corrected chi connectivity index (χ0v) is 27.5. The highest BCUT2D eigenvalue weighted by molar-refractivity contribution is 7.90. The van der Waals surface area contributed by atoms with Gasteiger partial charge in [0.05, 0.1) is 17.0 Å². The molecular formula is C35H41N3O4S2. The molecule has 9 heteroatoms. The molecule has 1 aliphatic heterocycles. The summed E-state index contributed by atoms with van der Waals surface area (Å²) in [6.07, 6.45) is 7.02. The van der Waals surface area contributed by atoms with E-state index in [2.05, 4.69) is 52.8 Å². The number of thiocarbonyl (C=S) groups is 1. The molecule has 3 aromatic carbocycles. The van der Waals surface area contributed by atoms with Crippen molar-refractivity contribution in [2.75, 3.05) is 20.2 Å². The molecule has 1 fully saturated rings. The molecule has 0 radical (unpaired) electrons. The number of methoxy groups -OCH3 is 1. The number of carbonyl (C=O) groups is 1. The lowest BCUT2D eigenvalue weighted by molar-refractivity contribution is 0.0981. The highest BCUT2D eigenvalue weighted by atomic mass is 32.2. The molecule has 1 aliphatic rings. The Balaban J connectivity index is 1.43. The summed E-state index contributed by atoms with van der Waals surface area (Å²) >= 11 is 5.83. The Bertz CT molecular complexity index is 1780. The Kier molecular flexibility index (Phi) is 9.75. The van der Waals surface area contributed by atoms with Crippen molar-refractivity contribution >= 4 is 44.0 Å². The van der Waals surface area contributed by atoms with E-state index in [-0.39, 0.29) is 16.4 Å². The highest BCUT2D eigenvalue weighted by Gasteiger charge is 2.28. The van der Waals surface area contributed by atoms with Crippen LogP contribution in [0.3, 0.4) is 0 Å². The number of aromatic amines is 1. The Morgan fingerprint density at radius 3 is 2.61 bits per heavy atom. The predicted molar refractivity (Wildman–Crippen MR) is 180 cm³/mol. The maximum absolute atomic E-state index is 13.1. The van der Waals surface area contributed by atoms with Crippen LogP contribution in [0.4, 0.5) is 0 Å². The van der Waals surface area contributed by atoms with Crippen LogP contribution in [0.2, 0.25) is 0 Å². The third kappa shape index (κ3) is 6.54. The molecule has 0 saturated carbocycles. The first kappa shape index (κ1) is 31.7. The molecule has 2 heterocycles. The van der Waals surface area contributed by atoms with Crippen LogP contribution in [0.15, 0.2) is 71.8 Å². The molecule has 0 bridgehead atoms. The third-order valence-corrected chi connectivity index (χ3v) is 10.7. The third-order valence-electron chi connectivity index (χ3n) is 8.60. The summed E-state index contributed by atoms with van der Waals surface area (Å²) < 4.78 is 33.9. The van der Waals surface area contributed by atoms with Crippen LogP contribution < -0.4 is 9.46 Å². The largest absolute Gasteiger partial charge is 0.496 e. The number of ether oxygens (including phenoxy) is 1. The van der Waals surface area contributed by atoms with Gasteiger partial charge in [-0.1, -0.05) is 62.8 Å². The van der Waals surface area contributed by atoms with Crippen LogP contribution >= 0.6 is 12.2 Å². The van der Waals surface area contributed by atoms with Crippen LogP contribution in [0.25, 0.3) is 10.9 Å². The zero-order valence-electron chi connectivity index (χ0n) is 25.9. The molecule has 5 rings (SSSR count). The number of likely N-dealkylation sites (tertiary alicyclic amines) is 1. The van der Waals surface area contributed by atoms with Gasteiger partial charge >= 0.3 is 0 Å². The van der Waals surface area contributed by atoms with Crippen LogP contribution in [0.5, 0.6) is 5.75 Å². The fourth-order valence-electron chi connectivity index (χ4n) is 6.38. The Labute approximate surface area is 266 Å². The quantitative estimate of drug-likeness (QED) is 0.162. The van der Waals surface area contributed by atoms with Gasteiger partial charge in [0.25, 0.3) is 15.9 Å². The smallest absolute Gasteiger partial charge is 0.265 e. The molecule has 7 nitrogen and oxygen atoms in total. The van der Waals surface area contributed by atoms with E-state index in [1.54, 1.807) is 44.4 Å². The van der Waals surface area contributed by atoms with Crippen molar-refractivity contribution in [2.24, 2.45) is 5.92 Å². The maximum atomic E-state index is 13.1. The molecule has 0 aliphatic carbocycles. The molecule has 1 saturated heterocycles. The number of aromatic nitrogens is 1. The number of rotatable bonds is 12. The summed E-state index contributed by atoms with van der Waals surface area (Å²) in [5, 5.41) is 1.17. The first-order valence-corrected chi connectivity index (χ1v) is 17.2. The number of hydrogen-bond acceptors (Lipinski definition) is 5. The van der Waals surface area contributed by atoms with E-state index in [4.69, 9.17) is 17.0 Å². The molecular weight excluding hydrogens is 591 g/mol. The van der Waals surface area contributed by atoms with Gasteiger partial charge < -0.3 is 14.6 Å². The van der Waals surface area contributed by atoms with Crippen molar-refractivity contribution in [1.29, 1.82) is 0 Å². The maximum Gasteiger partial charge on any atom is 0.265 e. The lowest BCUT2D eigenvalue weighted by atomic mass is 9.85. The predicted octanol–water partition coefficient (Wildman–Crippen LogP) is 7.14. The van der Waals surface area contributed by atoms with Crippen molar-refractivity contribution in [3.63, 3.8) is 0 Å². The summed E-state index contributed by atoms with van der Waals surface area (Å²) in [6.45, 7) is 8.11. The second-order valence-electron chi connectivity index (χ2n) is 11.6. The number of aryl methyl sites for hydroxylation is 1. The van der Waals surface area contributed by atoms with E-state index in [1.165, 1.54) is 22.6 Å². The van der Waals surface area contributed by atoms with Gasteiger partial charge in [0.2, 0.25) is 0 Å². The lowest BCUT2D eigenvalue weighted by Crippen LogP contribution is -2.31. The topological polar surface area (TPSA) is 91.5 Å². The van der Waals surface area contributed by atoms with Crippen molar-refractivity contribution in [1.82, 2.24) is 14.6 Å². The van der Waals surface area contributed by atoms with E-state index in [0.29, 0.717) is 17.2 Å². The Hall–Kier alpha value is -3.69. The Morgan fingerprint density at radius 1 is 1.09 bits per heavy atom. The van der Waals surface area contributed by atoms with Crippen LogP contribution in [0.1, 0.15) is 78.1 Å². The summed E-state index contributed by atoms with van der Waals surface area (Å²) in [6, 6.07) is 18.4. The zero-order chi connectivity index (χ0) is 31.4. The highest BCUT2D eigenvalue weighted by Crippen LogP contribution is 2.39. The second-order valence-corrected chi connectivity index (χ2v) is 13.7. The van der Waals surface area contributed by atoms with Gasteiger partial charge in [0.15, 0.2) is 0 Å². The molecule has 44 heavy (non-hydrogen) atoms. The molecule has 2 N–H and O–H groups in total. The van der Waals surface area contributed by atoms with Gasteiger partial charge in [-0.05, 0) is 79.6 Å². The first-order chi connectivity index (χ1) is 21.2. The summed E-state index contributed by atoms with van der Waals surface area (Å²) in [4.78, 5) is 20.1. The number of sulfonamides is 1. The minimum absolute atomic E-state index is 0.0133. The number of benzene rings is 3. The molecule has 232 valence electrons. The van der Waals surface area contributed by atoms with E-state index < -0.39 is 15.9 Å². The van der Waals surface area contributed by atoms with Gasteiger partial charge in [0, 0.05) is 53.2 Å². The number of nitrogens with one attached hydrogen (secondary N) is 2. The van der Waals surface area contributed by atoms with E-state index in [9.17, 15) is 13.2 Å². The standard InChI is InChI=1S/C35H41N3O4S2/c1-5-9-27(30-22-36-31-15-12-24(20-29(30)31)19-26-16-18-38(17-6-2)35(26)43)28-14-13-25(21-32(28)42-4)34(39)37-44(40,41)33-11-8-7-10-23(33)3/h7-8,10-15,20-22,26-27,36H,5-6,9,16-19H2,1-4H3,(H,37,39). The number of nitrogens with zero attached hydrogens (tertiary/aromatic N) is 1. The number of carbonyl (C=O) groups excluding carboxylic acids is 1. The van der Waals surface area contributed by atoms with Crippen molar-refractivity contribution in [2.45, 2.75) is 63.7 Å². The van der Waals surface area contributed by atoms with Gasteiger partial charge in [0.1, 0.15) is 5.75 Å². The normalized spacial score (nSPS) is 16.0. The number of hydrogen-bond donors (Lipinski definition) is 2. The van der Waals surface area contributed by atoms with Gasteiger partial charge in [-0.3, -0.25) is 4.79 Å². The monoisotopic (exact) mass is 631 g/mol. The van der Waals surface area contributed by atoms with E-state index >= 15 is 0 Å². The summed E-state index contributed by atoms with van der Waals surface area (Å²) in [7, 11) is -2.45. The molecule has 0 spiro atoms. The SMILES string of the molecule is CCCC(c1ccc(C(=O)NS(=O)(=O)c2ccccc2C)cc1OC)c1c[nH]c2ccc(CC3CCN(CCC)C3=S)cc12. The molecule has 1 amide bonds. The average molecular weight is 632 g/mol. The van der Waals surface area contributed by atoms with Crippen molar-refractivity contribution in [3.8, 4) is 5.75 Å². The van der Waals surface area contributed by atoms with Crippen molar-refractivity contribution in [3.05, 3.63) is 94.7 Å². The average Bonchev–Trinajstić information content (AvgIpc) is 3.58. The van der Waals surface area contributed by atoms with E-state index in [1.807, 2.05) is 6.07 Å². The first-order valence-electron chi connectivity index (χ1n) is 15.4. The number of fused-ring (bicyclic) bond motifs is 1. The van der Waals surface area contributed by atoms with Crippen LogP contribution in [-0.4, -0.2) is 49.4 Å². The molecule has 2 atom stereocenters. The Morgan fingerprint density at radius 2 is 1.89 bits per heavy atom. The summed E-state index contributed by atoms with van der Waals surface area (Å²) in [5.74, 6) is 0.238. The number of amides is 1. The van der Waals surface area contributed by atoms with Crippen molar-refractivity contribution < 1.29 is 17.9 Å².